The van der Waals surface area contributed by atoms with E-state index in [2.05, 4.69) is 5.32 Å². The summed E-state index contributed by atoms with van der Waals surface area (Å²) in [5.41, 5.74) is 0. The number of rotatable bonds is 5. The van der Waals surface area contributed by atoms with E-state index in [1.807, 2.05) is 0 Å². The van der Waals surface area contributed by atoms with Gasteiger partial charge in [0.2, 0.25) is 15.9 Å². The van der Waals surface area contributed by atoms with Gasteiger partial charge < -0.3 is 5.32 Å². The first-order valence-corrected chi connectivity index (χ1v) is 6.52. The largest absolute Gasteiger partial charge is 0.352 e. The van der Waals surface area contributed by atoms with E-state index in [-0.39, 0.29) is 18.5 Å². The topological polar surface area (TPSA) is 90.3 Å². The maximum Gasteiger partial charge on any atom is 0.235 e. The number of hydrogen-bond donors (Lipinski definition) is 1. The zero-order chi connectivity index (χ0) is 12.3. The van der Waals surface area contributed by atoms with Crippen LogP contribution in [0.2, 0.25) is 0 Å². The van der Waals surface area contributed by atoms with Gasteiger partial charge in [0, 0.05) is 13.1 Å². The Labute approximate surface area is 95.3 Å². The van der Waals surface area contributed by atoms with Crippen LogP contribution in [0.3, 0.4) is 0 Å². The second kappa shape index (κ2) is 4.80. The fourth-order valence-electron chi connectivity index (χ4n) is 1.13. The Hall–Kier alpha value is -1.13. The average molecular weight is 245 g/mol. The molecule has 0 spiro atoms. The lowest BCUT2D eigenvalue weighted by molar-refractivity contribution is -0.121. The molecule has 0 aromatic carbocycles. The molecule has 1 unspecified atom stereocenters. The Balaban J connectivity index is 2.53. The first-order valence-electron chi connectivity index (χ1n) is 5.02. The highest BCUT2D eigenvalue weighted by molar-refractivity contribution is 7.89. The van der Waals surface area contributed by atoms with Crippen LogP contribution in [-0.4, -0.2) is 43.5 Å². The molecule has 16 heavy (non-hydrogen) atoms. The molecular weight excluding hydrogens is 230 g/mol. The first kappa shape index (κ1) is 12.9. The van der Waals surface area contributed by atoms with Gasteiger partial charge in [-0.25, -0.2) is 8.42 Å². The van der Waals surface area contributed by atoms with Crippen molar-refractivity contribution in [3.63, 3.8) is 0 Å². The summed E-state index contributed by atoms with van der Waals surface area (Å²) in [6.45, 7) is 1.06. The van der Waals surface area contributed by atoms with Gasteiger partial charge in [-0.15, -0.1) is 0 Å². The maximum atomic E-state index is 11.6. The minimum absolute atomic E-state index is 0.206. The summed E-state index contributed by atoms with van der Waals surface area (Å²) >= 11 is 0. The molecule has 1 aliphatic carbocycles. The normalized spacial score (nSPS) is 17.9. The minimum atomic E-state index is -3.69. The summed E-state index contributed by atoms with van der Waals surface area (Å²) in [5.74, 6) is -0.321. The fraction of sp³-hybridized carbons (Fsp3) is 0.778. The molecule has 0 aliphatic heterocycles. The number of nitrogens with one attached hydrogen (secondary N) is 1. The van der Waals surface area contributed by atoms with Crippen LogP contribution in [0.5, 0.6) is 0 Å². The molecule has 1 aliphatic rings. The van der Waals surface area contributed by atoms with Gasteiger partial charge in [0.05, 0.1) is 12.6 Å². The highest BCUT2D eigenvalue weighted by Gasteiger charge is 2.29. The molecule has 1 fully saturated rings. The number of nitrogens with zero attached hydrogens (tertiary/aromatic N) is 2. The summed E-state index contributed by atoms with van der Waals surface area (Å²) in [4.78, 5) is 11.4. The second-order valence-corrected chi connectivity index (χ2v) is 6.27. The molecule has 0 aromatic heterocycles. The molecule has 1 saturated carbocycles. The summed E-state index contributed by atoms with van der Waals surface area (Å²) in [6.07, 6.45) is 1.91. The Morgan fingerprint density at radius 2 is 2.19 bits per heavy atom. The van der Waals surface area contributed by atoms with Crippen LogP contribution in [0.15, 0.2) is 0 Å². The third-order valence-electron chi connectivity index (χ3n) is 2.37. The summed E-state index contributed by atoms with van der Waals surface area (Å²) < 4.78 is 24.2. The average Bonchev–Trinajstić information content (AvgIpc) is 2.99. The van der Waals surface area contributed by atoms with Crippen molar-refractivity contribution in [1.29, 1.82) is 5.26 Å². The quantitative estimate of drug-likeness (QED) is 0.703. The Bertz CT molecular complexity index is 408. The Kier molecular flexibility index (Phi) is 3.88. The number of nitriles is 1. The van der Waals surface area contributed by atoms with E-state index < -0.39 is 15.3 Å². The SMILES string of the molecule is CC(C#N)S(=O)(=O)N(C)CC(=O)NC1CC1. The zero-order valence-corrected chi connectivity index (χ0v) is 10.1. The molecule has 6 nitrogen and oxygen atoms in total. The smallest absolute Gasteiger partial charge is 0.235 e. The molecule has 0 saturated heterocycles. The molecule has 1 N–H and O–H groups in total. The molecule has 1 rings (SSSR count). The van der Waals surface area contributed by atoms with E-state index in [0.717, 1.165) is 17.1 Å². The summed E-state index contributed by atoms with van der Waals surface area (Å²) in [6, 6.07) is 1.86. The van der Waals surface area contributed by atoms with Gasteiger partial charge in [0.25, 0.3) is 0 Å². The molecule has 0 bridgehead atoms. The lowest BCUT2D eigenvalue weighted by Crippen LogP contribution is -2.41. The van der Waals surface area contributed by atoms with Crippen molar-refractivity contribution in [2.45, 2.75) is 31.1 Å². The first-order chi connectivity index (χ1) is 7.37. The van der Waals surface area contributed by atoms with Gasteiger partial charge in [0.15, 0.2) is 5.25 Å². The molecule has 90 valence electrons. The third-order valence-corrected chi connectivity index (χ3v) is 4.37. The molecular formula is C9H15N3O3S. The van der Waals surface area contributed by atoms with Crippen molar-refractivity contribution in [2.24, 2.45) is 0 Å². The van der Waals surface area contributed by atoms with Gasteiger partial charge in [-0.3, -0.25) is 4.79 Å². The third kappa shape index (κ3) is 3.18. The Morgan fingerprint density at radius 3 is 2.62 bits per heavy atom. The van der Waals surface area contributed by atoms with Crippen LogP contribution in [0, 0.1) is 11.3 Å². The van der Waals surface area contributed by atoms with E-state index in [0.29, 0.717) is 0 Å². The van der Waals surface area contributed by atoms with Crippen LogP contribution in [0.25, 0.3) is 0 Å². The number of amides is 1. The molecule has 0 heterocycles. The van der Waals surface area contributed by atoms with Crippen molar-refractivity contribution in [3.8, 4) is 6.07 Å². The summed E-state index contributed by atoms with van der Waals surface area (Å²) in [5, 5.41) is 10.1. The van der Waals surface area contributed by atoms with Gasteiger partial charge >= 0.3 is 0 Å². The van der Waals surface area contributed by atoms with Gasteiger partial charge in [-0.05, 0) is 19.8 Å². The maximum absolute atomic E-state index is 11.6. The van der Waals surface area contributed by atoms with Gasteiger partial charge in [0.1, 0.15) is 0 Å². The molecule has 1 atom stereocenters. The number of likely N-dealkylation sites (N-methyl/N-ethyl adjacent to an activating group) is 1. The number of sulfonamides is 1. The number of carbonyl (C=O) groups is 1. The van der Waals surface area contributed by atoms with Crippen molar-refractivity contribution in [1.82, 2.24) is 9.62 Å². The molecule has 0 radical (unpaired) electrons. The number of hydrogen-bond acceptors (Lipinski definition) is 4. The van der Waals surface area contributed by atoms with Crippen molar-refractivity contribution in [2.75, 3.05) is 13.6 Å². The van der Waals surface area contributed by atoms with Crippen LogP contribution < -0.4 is 5.32 Å². The highest BCUT2D eigenvalue weighted by Crippen LogP contribution is 2.18. The van der Waals surface area contributed by atoms with Crippen molar-refractivity contribution < 1.29 is 13.2 Å². The van der Waals surface area contributed by atoms with E-state index in [9.17, 15) is 13.2 Å². The Morgan fingerprint density at radius 1 is 1.62 bits per heavy atom. The monoisotopic (exact) mass is 245 g/mol. The fourth-order valence-corrected chi connectivity index (χ4v) is 2.10. The predicted molar refractivity (Wildman–Crippen MR) is 57.8 cm³/mol. The van der Waals surface area contributed by atoms with Crippen LogP contribution in [0.1, 0.15) is 19.8 Å². The lowest BCUT2D eigenvalue weighted by Gasteiger charge is -2.17. The van der Waals surface area contributed by atoms with Crippen LogP contribution in [0.4, 0.5) is 0 Å². The van der Waals surface area contributed by atoms with E-state index >= 15 is 0 Å². The molecule has 7 heteroatoms. The van der Waals surface area contributed by atoms with E-state index in [1.54, 1.807) is 6.07 Å². The van der Waals surface area contributed by atoms with E-state index in [4.69, 9.17) is 5.26 Å². The standard InChI is InChI=1S/C9H15N3O3S/c1-7(5-10)16(14,15)12(2)6-9(13)11-8-3-4-8/h7-8H,3-4,6H2,1-2H3,(H,11,13). The molecule has 0 aromatic rings. The van der Waals surface area contributed by atoms with Crippen molar-refractivity contribution >= 4 is 15.9 Å². The zero-order valence-electron chi connectivity index (χ0n) is 9.30. The minimum Gasteiger partial charge on any atom is -0.352 e. The van der Waals surface area contributed by atoms with Gasteiger partial charge in [-0.1, -0.05) is 0 Å². The van der Waals surface area contributed by atoms with Crippen LogP contribution >= 0.6 is 0 Å². The predicted octanol–water partition coefficient (Wildman–Crippen LogP) is -0.561. The van der Waals surface area contributed by atoms with E-state index in [1.165, 1.54) is 14.0 Å². The van der Waals surface area contributed by atoms with Gasteiger partial charge in [-0.2, -0.15) is 9.57 Å². The number of carbonyl (C=O) groups excluding carboxylic acids is 1. The summed E-state index contributed by atoms with van der Waals surface area (Å²) in [7, 11) is -2.39. The van der Waals surface area contributed by atoms with Crippen molar-refractivity contribution in [3.05, 3.63) is 0 Å². The molecule has 1 amide bonds. The van der Waals surface area contributed by atoms with Crippen LogP contribution in [-0.2, 0) is 14.8 Å². The second-order valence-electron chi connectivity index (χ2n) is 3.91. The highest BCUT2D eigenvalue weighted by atomic mass is 32.2. The lowest BCUT2D eigenvalue weighted by atomic mass is 10.5.